The summed E-state index contributed by atoms with van der Waals surface area (Å²) in [6.45, 7) is 14.8. The van der Waals surface area contributed by atoms with Crippen molar-refractivity contribution < 1.29 is 18.3 Å². The summed E-state index contributed by atoms with van der Waals surface area (Å²) in [5.74, 6) is -3.06. The van der Waals surface area contributed by atoms with Crippen molar-refractivity contribution in [3.8, 4) is 0 Å². The van der Waals surface area contributed by atoms with Crippen molar-refractivity contribution in [3.63, 3.8) is 0 Å². The van der Waals surface area contributed by atoms with Crippen LogP contribution in [0.5, 0.6) is 0 Å². The first-order valence-corrected chi connectivity index (χ1v) is 12.5. The maximum Gasteiger partial charge on any atom is 0.272 e. The minimum absolute atomic E-state index is 0.0571. The van der Waals surface area contributed by atoms with Crippen LogP contribution in [0.4, 0.5) is 14.5 Å². The van der Waals surface area contributed by atoms with Gasteiger partial charge in [-0.2, -0.15) is 0 Å². The lowest BCUT2D eigenvalue weighted by atomic mass is 9.91. The third-order valence-corrected chi connectivity index (χ3v) is 7.49. The van der Waals surface area contributed by atoms with Crippen LogP contribution in [-0.2, 0) is 20.9 Å². The van der Waals surface area contributed by atoms with Gasteiger partial charge in [-0.15, -0.1) is 0 Å². The second-order valence-electron chi connectivity index (χ2n) is 10.9. The van der Waals surface area contributed by atoms with Gasteiger partial charge in [-0.3, -0.25) is 19.6 Å². The van der Waals surface area contributed by atoms with Crippen LogP contribution in [0.25, 0.3) is 0 Å². The van der Waals surface area contributed by atoms with Crippen molar-refractivity contribution in [2.24, 2.45) is 0 Å². The van der Waals surface area contributed by atoms with Crippen molar-refractivity contribution in [2.45, 2.75) is 70.5 Å². The van der Waals surface area contributed by atoms with Gasteiger partial charge in [-0.05, 0) is 19.4 Å². The van der Waals surface area contributed by atoms with Gasteiger partial charge < -0.3 is 15.0 Å². The molecular weight excluding hydrogens is 440 g/mol. The molecule has 0 bridgehead atoms. The van der Waals surface area contributed by atoms with Crippen LogP contribution in [0.1, 0.15) is 52.3 Å². The van der Waals surface area contributed by atoms with E-state index in [2.05, 4.69) is 33.9 Å². The Balaban J connectivity index is 1.52. The van der Waals surface area contributed by atoms with Gasteiger partial charge in [-0.1, -0.05) is 20.8 Å². The summed E-state index contributed by atoms with van der Waals surface area (Å²) < 4.78 is 33.7. The summed E-state index contributed by atoms with van der Waals surface area (Å²) in [5.41, 5.74) is 0.685. The molecule has 0 spiro atoms. The first-order chi connectivity index (χ1) is 16.0. The van der Waals surface area contributed by atoms with E-state index in [1.807, 2.05) is 13.8 Å². The number of hydrogen-bond acceptors (Lipinski definition) is 6. The second-order valence-corrected chi connectivity index (χ2v) is 10.9. The van der Waals surface area contributed by atoms with Gasteiger partial charge in [0.05, 0.1) is 31.1 Å². The van der Waals surface area contributed by atoms with Crippen LogP contribution in [0, 0.1) is 0 Å². The Hall–Kier alpha value is -1.68. The molecule has 4 rings (SSSR count). The molecule has 1 aromatic rings. The number of carbonyl (C=O) groups is 1. The summed E-state index contributed by atoms with van der Waals surface area (Å²) >= 11 is 0. The number of hydrogen-bond donors (Lipinski definition) is 1. The fourth-order valence-corrected chi connectivity index (χ4v) is 5.44. The number of amides is 1. The molecule has 0 aliphatic carbocycles. The molecule has 1 amide bonds. The first kappa shape index (κ1) is 25.4. The number of ether oxygens (including phenoxy) is 1. The van der Waals surface area contributed by atoms with Crippen LogP contribution >= 0.6 is 0 Å². The Morgan fingerprint density at radius 3 is 2.79 bits per heavy atom. The minimum atomic E-state index is -3.00. The summed E-state index contributed by atoms with van der Waals surface area (Å²) in [7, 11) is 0. The van der Waals surface area contributed by atoms with Gasteiger partial charge in [-0.25, -0.2) is 8.78 Å². The summed E-state index contributed by atoms with van der Waals surface area (Å²) in [6, 6.07) is 2.33. The maximum atomic E-state index is 14.0. The molecule has 4 heterocycles. The highest BCUT2D eigenvalue weighted by atomic mass is 19.3. The van der Waals surface area contributed by atoms with Gasteiger partial charge in [0.25, 0.3) is 5.92 Å². The molecule has 1 N–H and O–H groups in total. The predicted octanol–water partition coefficient (Wildman–Crippen LogP) is 2.59. The number of halogens is 2. The third-order valence-electron chi connectivity index (χ3n) is 7.49. The molecule has 1 aromatic heterocycles. The lowest BCUT2D eigenvalue weighted by molar-refractivity contribution is -0.121. The van der Waals surface area contributed by atoms with Crippen molar-refractivity contribution in [1.29, 1.82) is 0 Å². The fourth-order valence-electron chi connectivity index (χ4n) is 5.44. The number of rotatable bonds is 6. The van der Waals surface area contributed by atoms with Crippen LogP contribution < -0.4 is 10.2 Å². The van der Waals surface area contributed by atoms with Gasteiger partial charge in [0.2, 0.25) is 5.91 Å². The maximum absolute atomic E-state index is 14.0. The molecule has 3 aliphatic heterocycles. The smallest absolute Gasteiger partial charge is 0.272 e. The fraction of sp³-hybridized carbons (Fsp3) is 0.760. The van der Waals surface area contributed by atoms with E-state index in [9.17, 15) is 13.6 Å². The SMILES string of the molecule is CC[C@H]1COCCN1C[C@H]1CN[C@H](C)CN1CC(=O)N1CC(C)(C)c2ncc(C(C)(F)F)cc21. The normalized spacial score (nSPS) is 28.2. The highest BCUT2D eigenvalue weighted by Gasteiger charge is 2.42. The van der Waals surface area contributed by atoms with E-state index in [0.29, 0.717) is 24.0 Å². The molecule has 0 radical (unpaired) electrons. The molecule has 7 nitrogen and oxygen atoms in total. The average Bonchev–Trinajstić information content (AvgIpc) is 3.06. The molecule has 190 valence electrons. The van der Waals surface area contributed by atoms with Gasteiger partial charge in [0.1, 0.15) is 0 Å². The number of piperazine rings is 1. The number of pyridine rings is 1. The predicted molar refractivity (Wildman–Crippen MR) is 128 cm³/mol. The summed E-state index contributed by atoms with van der Waals surface area (Å²) in [6.07, 6.45) is 2.28. The highest BCUT2D eigenvalue weighted by Crippen LogP contribution is 2.41. The van der Waals surface area contributed by atoms with Crippen LogP contribution in [0.15, 0.2) is 12.3 Å². The number of nitrogens with one attached hydrogen (secondary N) is 1. The first-order valence-electron chi connectivity index (χ1n) is 12.5. The van der Waals surface area contributed by atoms with E-state index in [-0.39, 0.29) is 35.5 Å². The molecule has 0 saturated carbocycles. The van der Waals surface area contributed by atoms with E-state index in [0.717, 1.165) is 52.7 Å². The number of fused-ring (bicyclic) bond motifs is 1. The largest absolute Gasteiger partial charge is 0.378 e. The number of anilines is 1. The minimum Gasteiger partial charge on any atom is -0.378 e. The Morgan fingerprint density at radius 2 is 2.09 bits per heavy atom. The van der Waals surface area contributed by atoms with Crippen molar-refractivity contribution in [1.82, 2.24) is 20.1 Å². The number of nitrogens with zero attached hydrogens (tertiary/aromatic N) is 4. The Bertz CT molecular complexity index is 891. The van der Waals surface area contributed by atoms with Gasteiger partial charge in [0, 0.05) is 74.9 Å². The molecule has 3 aliphatic rings. The van der Waals surface area contributed by atoms with Crippen LogP contribution in [0.2, 0.25) is 0 Å². The lowest BCUT2D eigenvalue weighted by Crippen LogP contribution is -2.62. The van der Waals surface area contributed by atoms with Crippen molar-refractivity contribution in [3.05, 3.63) is 23.5 Å². The van der Waals surface area contributed by atoms with Crippen molar-refractivity contribution >= 4 is 11.6 Å². The zero-order valence-corrected chi connectivity index (χ0v) is 21.1. The number of alkyl halides is 2. The molecule has 34 heavy (non-hydrogen) atoms. The second kappa shape index (κ2) is 9.76. The third kappa shape index (κ3) is 5.27. The lowest BCUT2D eigenvalue weighted by Gasteiger charge is -2.44. The monoisotopic (exact) mass is 479 g/mol. The van der Waals surface area contributed by atoms with E-state index >= 15 is 0 Å². The Kier molecular flexibility index (Phi) is 7.29. The molecule has 9 heteroatoms. The van der Waals surface area contributed by atoms with E-state index in [1.54, 1.807) is 4.90 Å². The van der Waals surface area contributed by atoms with E-state index < -0.39 is 5.92 Å². The Morgan fingerprint density at radius 1 is 1.32 bits per heavy atom. The average molecular weight is 480 g/mol. The molecule has 0 unspecified atom stereocenters. The quantitative estimate of drug-likeness (QED) is 0.677. The highest BCUT2D eigenvalue weighted by molar-refractivity contribution is 5.97. The molecule has 0 aromatic carbocycles. The molecular formula is C25H39F2N5O2. The molecule has 3 atom stereocenters. The standard InChI is InChI=1S/C25H39F2N5O2/c1-6-19-15-34-8-7-30(19)13-20-11-28-17(2)12-31(20)14-22(33)32-16-24(3,4)23-21(32)9-18(10-29-23)25(5,26)27/h9-10,17,19-20,28H,6-8,11-16H2,1-5H3/t17-,19+,20-/m1/s1. The molecule has 2 fully saturated rings. The van der Waals surface area contributed by atoms with Gasteiger partial charge >= 0.3 is 0 Å². The number of carbonyl (C=O) groups excluding carboxylic acids is 1. The summed E-state index contributed by atoms with van der Waals surface area (Å²) in [4.78, 5) is 24.4. The van der Waals surface area contributed by atoms with Crippen LogP contribution in [0.3, 0.4) is 0 Å². The summed E-state index contributed by atoms with van der Waals surface area (Å²) in [5, 5.41) is 3.56. The number of aromatic nitrogens is 1. The topological polar surface area (TPSA) is 60.9 Å². The van der Waals surface area contributed by atoms with E-state index in [1.165, 1.54) is 12.3 Å². The number of morpholine rings is 1. The van der Waals surface area contributed by atoms with Crippen molar-refractivity contribution in [2.75, 3.05) is 57.4 Å². The Labute approximate surface area is 201 Å². The molecule has 2 saturated heterocycles. The van der Waals surface area contributed by atoms with Gasteiger partial charge in [0.15, 0.2) is 0 Å². The zero-order chi connectivity index (χ0) is 24.7. The zero-order valence-electron chi connectivity index (χ0n) is 21.1. The van der Waals surface area contributed by atoms with E-state index in [4.69, 9.17) is 4.74 Å². The van der Waals surface area contributed by atoms with Crippen LogP contribution in [-0.4, -0.2) is 91.3 Å².